The van der Waals surface area contributed by atoms with E-state index in [4.69, 9.17) is 4.74 Å². The lowest BCUT2D eigenvalue weighted by molar-refractivity contribution is 0.0210. The molecule has 1 N–H and O–H groups in total. The average Bonchev–Trinajstić information content (AvgIpc) is 2.47. The van der Waals surface area contributed by atoms with Gasteiger partial charge in [0, 0.05) is 19.2 Å². The minimum absolute atomic E-state index is 0.526. The summed E-state index contributed by atoms with van der Waals surface area (Å²) in [5.74, 6) is 0. The lowest BCUT2D eigenvalue weighted by Crippen LogP contribution is -2.33. The number of hydrogen-bond acceptors (Lipinski definition) is 3. The summed E-state index contributed by atoms with van der Waals surface area (Å²) in [6.45, 7) is 6.90. The first-order valence-electron chi connectivity index (χ1n) is 8.34. The van der Waals surface area contributed by atoms with Crippen molar-refractivity contribution in [3.63, 3.8) is 0 Å². The van der Waals surface area contributed by atoms with Crippen LogP contribution in [-0.2, 0) is 4.74 Å². The van der Waals surface area contributed by atoms with Crippen molar-refractivity contribution < 1.29 is 4.74 Å². The van der Waals surface area contributed by atoms with Gasteiger partial charge in [0.05, 0.1) is 6.10 Å². The molecule has 20 heavy (non-hydrogen) atoms. The summed E-state index contributed by atoms with van der Waals surface area (Å²) >= 11 is 0. The van der Waals surface area contributed by atoms with Gasteiger partial charge in [0.1, 0.15) is 0 Å². The smallest absolute Gasteiger partial charge is 0.0576 e. The topological polar surface area (TPSA) is 24.5 Å². The summed E-state index contributed by atoms with van der Waals surface area (Å²) in [4.78, 5) is 2.32. The zero-order valence-corrected chi connectivity index (χ0v) is 13.6. The molecule has 0 aromatic heterocycles. The Kier molecular flexibility index (Phi) is 9.98. The van der Waals surface area contributed by atoms with Crippen LogP contribution in [0.5, 0.6) is 0 Å². The Bertz CT molecular complexity index is 237. The molecular formula is C17H34N2O. The molecule has 0 amide bonds. The maximum absolute atomic E-state index is 5.99. The summed E-state index contributed by atoms with van der Waals surface area (Å²) in [5, 5.41) is 3.37. The maximum Gasteiger partial charge on any atom is 0.0576 e. The molecule has 1 saturated carbocycles. The minimum Gasteiger partial charge on any atom is -0.378 e. The number of ether oxygens (including phenoxy) is 1. The Morgan fingerprint density at radius 3 is 2.50 bits per heavy atom. The summed E-state index contributed by atoms with van der Waals surface area (Å²) in [6.07, 6.45) is 12.6. The standard InChI is InChI=1S/C17H34N2O/c1-4-13-19(3)14-7-5-6-8-15-20-17-11-9-16(18-2)10-12-17/h4,16-18H,1,5-15H2,2-3H3/t16-,17-. The monoisotopic (exact) mass is 282 g/mol. The summed E-state index contributed by atoms with van der Waals surface area (Å²) in [5.41, 5.74) is 0. The Morgan fingerprint density at radius 1 is 1.15 bits per heavy atom. The molecule has 0 aromatic rings. The first-order chi connectivity index (χ1) is 9.76. The van der Waals surface area contributed by atoms with Crippen LogP contribution in [-0.4, -0.2) is 50.8 Å². The fourth-order valence-corrected chi connectivity index (χ4v) is 2.92. The van der Waals surface area contributed by atoms with Crippen LogP contribution in [0.25, 0.3) is 0 Å². The third-order valence-electron chi connectivity index (χ3n) is 4.31. The second-order valence-electron chi connectivity index (χ2n) is 6.10. The highest BCUT2D eigenvalue weighted by molar-refractivity contribution is 4.76. The third-order valence-corrected chi connectivity index (χ3v) is 4.31. The number of rotatable bonds is 11. The number of likely N-dealkylation sites (N-methyl/N-ethyl adjacent to an activating group) is 1. The van der Waals surface area contributed by atoms with E-state index >= 15 is 0 Å². The van der Waals surface area contributed by atoms with Crippen LogP contribution in [0, 0.1) is 0 Å². The largest absolute Gasteiger partial charge is 0.378 e. The van der Waals surface area contributed by atoms with Gasteiger partial charge in [-0.1, -0.05) is 18.9 Å². The summed E-state index contributed by atoms with van der Waals surface area (Å²) in [7, 11) is 4.23. The lowest BCUT2D eigenvalue weighted by atomic mass is 9.93. The van der Waals surface area contributed by atoms with Crippen LogP contribution in [0.1, 0.15) is 51.4 Å². The molecule has 0 saturated heterocycles. The zero-order chi connectivity index (χ0) is 14.6. The van der Waals surface area contributed by atoms with Crippen molar-refractivity contribution in [2.75, 3.05) is 33.8 Å². The van der Waals surface area contributed by atoms with Gasteiger partial charge < -0.3 is 15.0 Å². The normalized spacial score (nSPS) is 23.1. The first kappa shape index (κ1) is 17.7. The Balaban J connectivity index is 1.86. The van der Waals surface area contributed by atoms with E-state index in [1.165, 1.54) is 57.9 Å². The Hall–Kier alpha value is -0.380. The number of nitrogens with one attached hydrogen (secondary N) is 1. The molecule has 1 aliphatic rings. The number of nitrogens with zero attached hydrogens (tertiary/aromatic N) is 1. The molecule has 1 rings (SSSR count). The summed E-state index contributed by atoms with van der Waals surface area (Å²) < 4.78 is 5.99. The molecule has 0 unspecified atom stereocenters. The molecule has 1 aliphatic carbocycles. The minimum atomic E-state index is 0.526. The predicted molar refractivity (Wildman–Crippen MR) is 87.2 cm³/mol. The average molecular weight is 282 g/mol. The van der Waals surface area contributed by atoms with E-state index in [0.717, 1.165) is 19.2 Å². The highest BCUT2D eigenvalue weighted by atomic mass is 16.5. The van der Waals surface area contributed by atoms with Gasteiger partial charge in [0.2, 0.25) is 0 Å². The third kappa shape index (κ3) is 8.03. The van der Waals surface area contributed by atoms with Crippen LogP contribution < -0.4 is 5.32 Å². The van der Waals surface area contributed by atoms with E-state index in [2.05, 4.69) is 30.9 Å². The number of unbranched alkanes of at least 4 members (excludes halogenated alkanes) is 3. The van der Waals surface area contributed by atoms with Gasteiger partial charge in [-0.2, -0.15) is 0 Å². The second kappa shape index (κ2) is 11.3. The number of hydrogen-bond donors (Lipinski definition) is 1. The quantitative estimate of drug-likeness (QED) is 0.465. The predicted octanol–water partition coefficient (Wildman–Crippen LogP) is 3.21. The van der Waals surface area contributed by atoms with Crippen molar-refractivity contribution in [1.29, 1.82) is 0 Å². The van der Waals surface area contributed by atoms with Crippen LogP contribution in [0.3, 0.4) is 0 Å². The van der Waals surface area contributed by atoms with Crippen molar-refractivity contribution in [3.05, 3.63) is 12.7 Å². The van der Waals surface area contributed by atoms with Crippen molar-refractivity contribution in [2.24, 2.45) is 0 Å². The molecule has 1 fully saturated rings. The van der Waals surface area contributed by atoms with Crippen LogP contribution in [0.2, 0.25) is 0 Å². The molecule has 0 heterocycles. The zero-order valence-electron chi connectivity index (χ0n) is 13.6. The van der Waals surface area contributed by atoms with Crippen molar-refractivity contribution in [1.82, 2.24) is 10.2 Å². The second-order valence-corrected chi connectivity index (χ2v) is 6.10. The van der Waals surface area contributed by atoms with Gasteiger partial charge in [-0.25, -0.2) is 0 Å². The molecule has 0 radical (unpaired) electrons. The summed E-state index contributed by atoms with van der Waals surface area (Å²) in [6, 6.07) is 0.724. The lowest BCUT2D eigenvalue weighted by Gasteiger charge is -2.28. The van der Waals surface area contributed by atoms with Gasteiger partial charge in [0.25, 0.3) is 0 Å². The van der Waals surface area contributed by atoms with E-state index in [1.807, 2.05) is 6.08 Å². The van der Waals surface area contributed by atoms with E-state index in [0.29, 0.717) is 6.10 Å². The molecule has 0 atom stereocenters. The Labute approximate surface area is 125 Å². The van der Waals surface area contributed by atoms with Gasteiger partial charge in [0.15, 0.2) is 0 Å². The van der Waals surface area contributed by atoms with E-state index < -0.39 is 0 Å². The van der Waals surface area contributed by atoms with Crippen molar-refractivity contribution in [2.45, 2.75) is 63.5 Å². The van der Waals surface area contributed by atoms with Crippen LogP contribution in [0.15, 0.2) is 12.7 Å². The highest BCUT2D eigenvalue weighted by Crippen LogP contribution is 2.21. The fourth-order valence-electron chi connectivity index (χ4n) is 2.92. The van der Waals surface area contributed by atoms with Crippen LogP contribution in [0.4, 0.5) is 0 Å². The van der Waals surface area contributed by atoms with Gasteiger partial charge in [-0.15, -0.1) is 6.58 Å². The van der Waals surface area contributed by atoms with Gasteiger partial charge in [-0.3, -0.25) is 0 Å². The maximum atomic E-state index is 5.99. The van der Waals surface area contributed by atoms with E-state index in [1.54, 1.807) is 0 Å². The van der Waals surface area contributed by atoms with Crippen LogP contribution >= 0.6 is 0 Å². The molecule has 0 spiro atoms. The molecule has 0 aromatic carbocycles. The molecule has 3 heteroatoms. The fraction of sp³-hybridized carbons (Fsp3) is 0.882. The van der Waals surface area contributed by atoms with Gasteiger partial charge >= 0.3 is 0 Å². The van der Waals surface area contributed by atoms with Gasteiger partial charge in [-0.05, 0) is 59.2 Å². The SMILES string of the molecule is C=CCN(C)CCCCCCO[C@H]1CC[C@H](NC)CC1. The van der Waals surface area contributed by atoms with Crippen molar-refractivity contribution in [3.8, 4) is 0 Å². The Morgan fingerprint density at radius 2 is 1.85 bits per heavy atom. The molecule has 118 valence electrons. The highest BCUT2D eigenvalue weighted by Gasteiger charge is 2.19. The van der Waals surface area contributed by atoms with E-state index in [9.17, 15) is 0 Å². The molecule has 0 aliphatic heterocycles. The van der Waals surface area contributed by atoms with Crippen molar-refractivity contribution >= 4 is 0 Å². The molecule has 0 bridgehead atoms. The molecule has 3 nitrogen and oxygen atoms in total. The molecular weight excluding hydrogens is 248 g/mol. The van der Waals surface area contributed by atoms with E-state index in [-0.39, 0.29) is 0 Å². The first-order valence-corrected chi connectivity index (χ1v) is 8.34.